The van der Waals surface area contributed by atoms with Crippen LogP contribution in [-0.4, -0.2) is 81.5 Å². The van der Waals surface area contributed by atoms with Crippen molar-refractivity contribution < 1.29 is 14.2 Å². The van der Waals surface area contributed by atoms with Crippen molar-refractivity contribution in [3.63, 3.8) is 0 Å². The van der Waals surface area contributed by atoms with E-state index in [9.17, 15) is 9.50 Å². The molecule has 4 saturated heterocycles. The van der Waals surface area contributed by atoms with E-state index in [-0.39, 0.29) is 11.3 Å². The number of phenols is 1. The number of anilines is 1. The van der Waals surface area contributed by atoms with E-state index >= 15 is 0 Å². The van der Waals surface area contributed by atoms with Crippen molar-refractivity contribution >= 4 is 27.6 Å². The summed E-state index contributed by atoms with van der Waals surface area (Å²) in [6.45, 7) is 3.52. The van der Waals surface area contributed by atoms with Gasteiger partial charge >= 0.3 is 6.01 Å². The summed E-state index contributed by atoms with van der Waals surface area (Å²) in [7, 11) is 0. The molecule has 0 aliphatic carbocycles. The van der Waals surface area contributed by atoms with Gasteiger partial charge in [-0.05, 0) is 66.8 Å². The fraction of sp³-hybridized carbons (Fsp3) is 0.452. The number of piperazine rings is 1. The van der Waals surface area contributed by atoms with Crippen LogP contribution in [0.3, 0.4) is 0 Å². The number of fused-ring (bicyclic) bond motifs is 5. The van der Waals surface area contributed by atoms with Crippen LogP contribution < -0.4 is 15.0 Å². The van der Waals surface area contributed by atoms with Crippen LogP contribution in [0.2, 0.25) is 0 Å². The molecule has 0 amide bonds. The predicted octanol–water partition coefficient (Wildman–Crippen LogP) is 4.45. The molecule has 2 unspecified atom stereocenters. The minimum absolute atomic E-state index is 0.209. The monoisotopic (exact) mass is 540 g/mol. The van der Waals surface area contributed by atoms with Crippen LogP contribution >= 0.6 is 0 Å². The Hall–Kier alpha value is -3.56. The third-order valence-electron chi connectivity index (χ3n) is 9.40. The Morgan fingerprint density at radius 2 is 1.93 bits per heavy atom. The Kier molecular flexibility index (Phi) is 5.60. The summed E-state index contributed by atoms with van der Waals surface area (Å²) in [6.07, 6.45) is 5.88. The molecule has 2 bridgehead atoms. The Labute approximate surface area is 232 Å². The summed E-state index contributed by atoms with van der Waals surface area (Å²) in [5.74, 6) is 1.00. The van der Waals surface area contributed by atoms with E-state index in [1.165, 1.54) is 12.8 Å². The van der Waals surface area contributed by atoms with Gasteiger partial charge in [0.05, 0.1) is 11.1 Å². The van der Waals surface area contributed by atoms with E-state index in [0.29, 0.717) is 43.2 Å². The fourth-order valence-corrected chi connectivity index (χ4v) is 7.57. The van der Waals surface area contributed by atoms with Crippen molar-refractivity contribution in [1.29, 1.82) is 0 Å². The number of alkyl halides is 1. The summed E-state index contributed by atoms with van der Waals surface area (Å²) >= 11 is 0. The lowest BCUT2D eigenvalue weighted by atomic mass is 9.95. The van der Waals surface area contributed by atoms with Gasteiger partial charge < -0.3 is 20.1 Å². The van der Waals surface area contributed by atoms with Gasteiger partial charge in [0.15, 0.2) is 5.82 Å². The number of pyridine rings is 1. The van der Waals surface area contributed by atoms with Gasteiger partial charge in [0.1, 0.15) is 24.0 Å². The maximum absolute atomic E-state index is 14.4. The van der Waals surface area contributed by atoms with Crippen molar-refractivity contribution in [2.45, 2.75) is 55.9 Å². The molecule has 4 aliphatic heterocycles. The standard InChI is InChI=1S/C31H33FN6O2/c32-21-13-31(8-3-9-38(31)15-21)18-40-30-35-27-11-20(26-12-24(39)10-19-4-1-2-5-25(19)26)14-33-28(27)29(36-30)37-16-22-6-7-23(17-37)34-22/h1-2,4-5,10-12,14,21-23,34,39H,3,6-9,13,15-18H2/t21-,22?,23?,31+/m1/s1. The Morgan fingerprint density at radius 3 is 2.80 bits per heavy atom. The summed E-state index contributed by atoms with van der Waals surface area (Å²) in [5.41, 5.74) is 2.94. The SMILES string of the molecule is Oc1cc(-c2cnc3c(N4CC5CCC(C4)N5)nc(OC[C@@]45CCCN4C[C@H](F)C5)nc3c2)c2ccccc2c1. The van der Waals surface area contributed by atoms with Crippen LogP contribution in [0.1, 0.15) is 32.1 Å². The minimum Gasteiger partial charge on any atom is -0.508 e. The lowest BCUT2D eigenvalue weighted by molar-refractivity contribution is 0.107. The first-order valence-corrected chi connectivity index (χ1v) is 14.5. The van der Waals surface area contributed by atoms with Gasteiger partial charge in [0, 0.05) is 49.9 Å². The Morgan fingerprint density at radius 1 is 1.07 bits per heavy atom. The van der Waals surface area contributed by atoms with Gasteiger partial charge in [-0.25, -0.2) is 4.39 Å². The van der Waals surface area contributed by atoms with Gasteiger partial charge in [-0.2, -0.15) is 9.97 Å². The molecule has 2 N–H and O–H groups in total. The molecule has 8 rings (SSSR count). The summed E-state index contributed by atoms with van der Waals surface area (Å²) in [4.78, 5) is 19.2. The summed E-state index contributed by atoms with van der Waals surface area (Å²) < 4.78 is 20.7. The van der Waals surface area contributed by atoms with Gasteiger partial charge in [0.25, 0.3) is 0 Å². The number of hydrogen-bond acceptors (Lipinski definition) is 8. The molecule has 4 atom stereocenters. The maximum Gasteiger partial charge on any atom is 0.319 e. The maximum atomic E-state index is 14.4. The smallest absolute Gasteiger partial charge is 0.319 e. The number of phenolic OH excluding ortho intramolecular Hbond substituents is 1. The van der Waals surface area contributed by atoms with E-state index in [1.54, 1.807) is 12.1 Å². The first-order valence-electron chi connectivity index (χ1n) is 14.5. The highest BCUT2D eigenvalue weighted by Crippen LogP contribution is 2.41. The molecule has 4 fully saturated rings. The largest absolute Gasteiger partial charge is 0.508 e. The minimum atomic E-state index is -0.808. The fourth-order valence-electron chi connectivity index (χ4n) is 7.57. The molecule has 2 aromatic heterocycles. The van der Waals surface area contributed by atoms with Crippen LogP contribution in [0.15, 0.2) is 48.7 Å². The molecule has 206 valence electrons. The topological polar surface area (TPSA) is 86.6 Å². The molecule has 4 aromatic rings. The number of rotatable bonds is 5. The zero-order chi connectivity index (χ0) is 26.8. The molecule has 4 aliphatic rings. The second kappa shape index (κ2) is 9.24. The van der Waals surface area contributed by atoms with Crippen molar-refractivity contribution in [1.82, 2.24) is 25.2 Å². The van der Waals surface area contributed by atoms with Crippen molar-refractivity contribution in [3.05, 3.63) is 48.7 Å². The molecule has 2 aromatic carbocycles. The lowest BCUT2D eigenvalue weighted by Gasteiger charge is -2.34. The van der Waals surface area contributed by atoms with Gasteiger partial charge in [-0.15, -0.1) is 0 Å². The lowest BCUT2D eigenvalue weighted by Crippen LogP contribution is -2.51. The number of aromatic hydroxyl groups is 1. The molecule has 8 nitrogen and oxygen atoms in total. The summed E-state index contributed by atoms with van der Waals surface area (Å²) in [6, 6.07) is 14.8. The van der Waals surface area contributed by atoms with Gasteiger partial charge in [-0.1, -0.05) is 24.3 Å². The molecule has 6 heterocycles. The van der Waals surface area contributed by atoms with Crippen molar-refractivity contribution in [2.75, 3.05) is 37.7 Å². The normalized spacial score (nSPS) is 28.0. The third kappa shape index (κ3) is 4.06. The first kappa shape index (κ1) is 24.3. The van der Waals surface area contributed by atoms with Crippen LogP contribution in [0.5, 0.6) is 11.8 Å². The highest BCUT2D eigenvalue weighted by Gasteiger charge is 2.49. The van der Waals surface area contributed by atoms with Gasteiger partial charge in [-0.3, -0.25) is 9.88 Å². The average molecular weight is 541 g/mol. The molecular weight excluding hydrogens is 507 g/mol. The van der Waals surface area contributed by atoms with Crippen LogP contribution in [0.25, 0.3) is 32.9 Å². The number of nitrogens with one attached hydrogen (secondary N) is 1. The summed E-state index contributed by atoms with van der Waals surface area (Å²) in [5, 5.41) is 16.1. The van der Waals surface area contributed by atoms with Crippen molar-refractivity contribution in [3.8, 4) is 22.9 Å². The quantitative estimate of drug-likeness (QED) is 0.384. The highest BCUT2D eigenvalue weighted by atomic mass is 19.1. The average Bonchev–Trinajstić information content (AvgIpc) is 3.60. The Balaban J connectivity index is 1.21. The van der Waals surface area contributed by atoms with E-state index in [4.69, 9.17) is 19.7 Å². The number of benzene rings is 2. The number of nitrogens with zero attached hydrogens (tertiary/aromatic N) is 5. The zero-order valence-corrected chi connectivity index (χ0v) is 22.4. The highest BCUT2D eigenvalue weighted by molar-refractivity contribution is 5.99. The second-order valence-corrected chi connectivity index (χ2v) is 12.0. The predicted molar refractivity (Wildman–Crippen MR) is 153 cm³/mol. The Bertz CT molecular complexity index is 1600. The van der Waals surface area contributed by atoms with Crippen LogP contribution in [0, 0.1) is 0 Å². The molecule has 0 saturated carbocycles. The van der Waals surface area contributed by atoms with Crippen LogP contribution in [0.4, 0.5) is 10.2 Å². The van der Waals surface area contributed by atoms with Gasteiger partial charge in [0.2, 0.25) is 0 Å². The number of ether oxygens (including phenoxy) is 1. The number of hydrogen-bond donors (Lipinski definition) is 2. The molecular formula is C31H33FN6O2. The van der Waals surface area contributed by atoms with E-state index in [0.717, 1.165) is 65.7 Å². The van der Waals surface area contributed by atoms with E-state index in [1.807, 2.05) is 30.5 Å². The number of aromatic nitrogens is 3. The molecule has 9 heteroatoms. The first-order chi connectivity index (χ1) is 19.5. The van der Waals surface area contributed by atoms with Crippen molar-refractivity contribution in [2.24, 2.45) is 0 Å². The molecule has 0 radical (unpaired) electrons. The number of halogens is 1. The molecule has 0 spiro atoms. The second-order valence-electron chi connectivity index (χ2n) is 12.0. The third-order valence-corrected chi connectivity index (χ3v) is 9.40. The molecule has 40 heavy (non-hydrogen) atoms. The zero-order valence-electron chi connectivity index (χ0n) is 22.4. The van der Waals surface area contributed by atoms with E-state index in [2.05, 4.69) is 21.2 Å². The van der Waals surface area contributed by atoms with E-state index < -0.39 is 6.17 Å². The van der Waals surface area contributed by atoms with Crippen LogP contribution in [-0.2, 0) is 0 Å².